The molecule has 1 aliphatic heterocycles. The van der Waals surface area contributed by atoms with Gasteiger partial charge in [0.2, 0.25) is 0 Å². The van der Waals surface area contributed by atoms with E-state index in [1.165, 1.54) is 12.4 Å². The fourth-order valence-corrected chi connectivity index (χ4v) is 2.60. The van der Waals surface area contributed by atoms with E-state index in [1.54, 1.807) is 0 Å². The summed E-state index contributed by atoms with van der Waals surface area (Å²) >= 11 is 0. The molecule has 1 fully saturated rings. The highest BCUT2D eigenvalue weighted by atomic mass is 16.3. The molecule has 3 N–H and O–H groups in total. The summed E-state index contributed by atoms with van der Waals surface area (Å²) in [5.74, 6) is 2.07. The average Bonchev–Trinajstić information content (AvgIpc) is 2.78. The minimum Gasteiger partial charge on any atom is -0.390 e. The largest absolute Gasteiger partial charge is 0.390 e. The third kappa shape index (κ3) is 3.49. The molecule has 3 heterocycles. The van der Waals surface area contributed by atoms with Crippen LogP contribution in [0.5, 0.6) is 0 Å². The number of nitrogens with zero attached hydrogens (tertiary/aromatic N) is 5. The molecule has 0 radical (unpaired) electrons. The van der Waals surface area contributed by atoms with Crippen LogP contribution in [-0.2, 0) is 6.54 Å². The Morgan fingerprint density at radius 2 is 2.27 bits per heavy atom. The molecule has 1 unspecified atom stereocenters. The lowest BCUT2D eigenvalue weighted by molar-refractivity contribution is 0.128. The first kappa shape index (κ1) is 14.7. The van der Waals surface area contributed by atoms with Gasteiger partial charge in [-0.25, -0.2) is 9.97 Å². The number of rotatable bonds is 3. The molecular formula is C13H19N7O2. The Balaban J connectivity index is 1.68. The number of hydrogen-bond acceptors (Lipinski definition) is 7. The van der Waals surface area contributed by atoms with E-state index in [9.17, 15) is 9.90 Å². The number of β-amino-alcohol motifs (C(OH)–C–C–N with tert-alkyl or cyclic N) is 1. The summed E-state index contributed by atoms with van der Waals surface area (Å²) in [4.78, 5) is 26.4. The van der Waals surface area contributed by atoms with Crippen LogP contribution in [0.15, 0.2) is 17.2 Å². The number of aryl methyl sites for hydroxylation is 1. The zero-order chi connectivity index (χ0) is 15.5. The summed E-state index contributed by atoms with van der Waals surface area (Å²) in [5, 5.41) is 17.1. The number of aliphatic hydroxyl groups excluding tert-OH is 1. The number of hydrogen-bond donors (Lipinski definition) is 3. The first-order valence-corrected chi connectivity index (χ1v) is 7.18. The summed E-state index contributed by atoms with van der Waals surface area (Å²) in [6.07, 6.45) is 0.854. The maximum absolute atomic E-state index is 11.4. The van der Waals surface area contributed by atoms with Crippen molar-refractivity contribution in [1.29, 1.82) is 0 Å². The van der Waals surface area contributed by atoms with Gasteiger partial charge in [-0.15, -0.1) is 0 Å². The van der Waals surface area contributed by atoms with E-state index in [-0.39, 0.29) is 5.56 Å². The van der Waals surface area contributed by atoms with Gasteiger partial charge in [-0.2, -0.15) is 5.10 Å². The van der Waals surface area contributed by atoms with Gasteiger partial charge in [0.1, 0.15) is 11.6 Å². The molecule has 1 atom stereocenters. The van der Waals surface area contributed by atoms with Gasteiger partial charge in [0, 0.05) is 32.2 Å². The van der Waals surface area contributed by atoms with Crippen LogP contribution >= 0.6 is 0 Å². The summed E-state index contributed by atoms with van der Waals surface area (Å²) < 4.78 is 0. The Morgan fingerprint density at radius 3 is 3.00 bits per heavy atom. The maximum Gasteiger partial charge on any atom is 0.252 e. The lowest BCUT2D eigenvalue weighted by atomic mass is 10.3. The maximum atomic E-state index is 11.4. The fraction of sp³-hybridized carbons (Fsp3) is 0.538. The Labute approximate surface area is 127 Å². The van der Waals surface area contributed by atoms with Crippen molar-refractivity contribution in [3.05, 3.63) is 34.4 Å². The van der Waals surface area contributed by atoms with Gasteiger partial charge in [0.05, 0.1) is 19.0 Å². The number of aromatic amines is 2. The molecule has 0 aliphatic carbocycles. The first-order valence-electron chi connectivity index (χ1n) is 7.18. The normalized spacial score (nSPS) is 20.1. The monoisotopic (exact) mass is 305 g/mol. The Kier molecular flexibility index (Phi) is 4.16. The van der Waals surface area contributed by atoms with Crippen molar-refractivity contribution in [2.45, 2.75) is 19.6 Å². The van der Waals surface area contributed by atoms with Crippen molar-refractivity contribution in [3.8, 4) is 0 Å². The lowest BCUT2D eigenvalue weighted by Crippen LogP contribution is -2.34. The van der Waals surface area contributed by atoms with E-state index in [4.69, 9.17) is 0 Å². The molecule has 9 nitrogen and oxygen atoms in total. The van der Waals surface area contributed by atoms with Crippen LogP contribution in [0.4, 0.5) is 5.82 Å². The molecular weight excluding hydrogens is 286 g/mol. The summed E-state index contributed by atoms with van der Waals surface area (Å²) in [7, 11) is 0. The van der Waals surface area contributed by atoms with E-state index in [2.05, 4.69) is 30.0 Å². The second-order valence-electron chi connectivity index (χ2n) is 5.44. The standard InChI is InChI=1S/C13H19N7O2/c1-9-16-11(18-17-9)7-19-2-3-20(6-10(21)5-19)12-4-13(22)15-8-14-12/h4,8,10,21H,2-3,5-7H2,1H3,(H,14,15,22)(H,16,17,18). The van der Waals surface area contributed by atoms with Crippen molar-refractivity contribution in [2.75, 3.05) is 31.1 Å². The molecule has 22 heavy (non-hydrogen) atoms. The summed E-state index contributed by atoms with van der Waals surface area (Å²) in [6.45, 7) is 4.83. The zero-order valence-corrected chi connectivity index (χ0v) is 12.4. The van der Waals surface area contributed by atoms with Gasteiger partial charge in [-0.05, 0) is 6.92 Å². The number of aromatic nitrogens is 5. The second kappa shape index (κ2) is 6.24. The van der Waals surface area contributed by atoms with Crippen molar-refractivity contribution in [3.63, 3.8) is 0 Å². The van der Waals surface area contributed by atoms with Crippen molar-refractivity contribution >= 4 is 5.82 Å². The Bertz CT molecular complexity index is 683. The third-order valence-corrected chi connectivity index (χ3v) is 3.58. The van der Waals surface area contributed by atoms with Gasteiger partial charge < -0.3 is 15.0 Å². The highest BCUT2D eigenvalue weighted by molar-refractivity contribution is 5.37. The number of anilines is 1. The van der Waals surface area contributed by atoms with E-state index < -0.39 is 6.10 Å². The zero-order valence-electron chi connectivity index (χ0n) is 12.4. The van der Waals surface area contributed by atoms with Crippen LogP contribution < -0.4 is 10.5 Å². The van der Waals surface area contributed by atoms with E-state index >= 15 is 0 Å². The Morgan fingerprint density at radius 1 is 1.41 bits per heavy atom. The van der Waals surface area contributed by atoms with Crippen LogP contribution in [0.2, 0.25) is 0 Å². The minimum absolute atomic E-state index is 0.197. The Hall–Kier alpha value is -2.26. The van der Waals surface area contributed by atoms with Crippen molar-refractivity contribution in [2.24, 2.45) is 0 Å². The third-order valence-electron chi connectivity index (χ3n) is 3.58. The average molecular weight is 305 g/mol. The number of aliphatic hydroxyl groups is 1. The minimum atomic E-state index is -0.524. The quantitative estimate of drug-likeness (QED) is 0.658. The molecule has 0 aromatic carbocycles. The number of nitrogens with one attached hydrogen (secondary N) is 2. The lowest BCUT2D eigenvalue weighted by Gasteiger charge is -2.22. The predicted molar refractivity (Wildman–Crippen MR) is 79.5 cm³/mol. The SMILES string of the molecule is Cc1nc(CN2CCN(c3cc(=O)[nH]cn3)CC(O)C2)n[nH]1. The molecule has 3 rings (SSSR count). The molecule has 0 bridgehead atoms. The highest BCUT2D eigenvalue weighted by Crippen LogP contribution is 2.12. The first-order chi connectivity index (χ1) is 10.6. The van der Waals surface area contributed by atoms with Gasteiger partial charge in [0.25, 0.3) is 5.56 Å². The molecule has 2 aromatic rings. The van der Waals surface area contributed by atoms with E-state index in [0.29, 0.717) is 37.8 Å². The molecule has 0 saturated carbocycles. The summed E-state index contributed by atoms with van der Waals surface area (Å²) in [6, 6.07) is 1.45. The van der Waals surface area contributed by atoms with Gasteiger partial charge in [0.15, 0.2) is 5.82 Å². The van der Waals surface area contributed by atoms with Gasteiger partial charge in [-0.3, -0.25) is 14.8 Å². The molecule has 2 aromatic heterocycles. The van der Waals surface area contributed by atoms with Gasteiger partial charge >= 0.3 is 0 Å². The number of H-pyrrole nitrogens is 2. The predicted octanol–water partition coefficient (Wildman–Crippen LogP) is -1.12. The highest BCUT2D eigenvalue weighted by Gasteiger charge is 2.23. The van der Waals surface area contributed by atoms with E-state index in [0.717, 1.165) is 12.4 Å². The molecule has 1 aliphatic rings. The molecule has 1 saturated heterocycles. The topological polar surface area (TPSA) is 114 Å². The van der Waals surface area contributed by atoms with Crippen LogP contribution in [0.3, 0.4) is 0 Å². The van der Waals surface area contributed by atoms with Crippen LogP contribution in [0.25, 0.3) is 0 Å². The van der Waals surface area contributed by atoms with Crippen molar-refractivity contribution < 1.29 is 5.11 Å². The molecule has 9 heteroatoms. The van der Waals surface area contributed by atoms with Gasteiger partial charge in [-0.1, -0.05) is 0 Å². The second-order valence-corrected chi connectivity index (χ2v) is 5.44. The van der Waals surface area contributed by atoms with Crippen molar-refractivity contribution in [1.82, 2.24) is 30.0 Å². The smallest absolute Gasteiger partial charge is 0.252 e. The van der Waals surface area contributed by atoms with E-state index in [1.807, 2.05) is 11.8 Å². The fourth-order valence-electron chi connectivity index (χ4n) is 2.60. The molecule has 0 amide bonds. The van der Waals surface area contributed by atoms with Crippen LogP contribution in [0, 0.1) is 6.92 Å². The summed E-state index contributed by atoms with van der Waals surface area (Å²) in [5.41, 5.74) is -0.197. The van der Waals surface area contributed by atoms with Crippen LogP contribution in [-0.4, -0.2) is 67.4 Å². The molecule has 118 valence electrons. The molecule has 0 spiro atoms. The van der Waals surface area contributed by atoms with Crippen LogP contribution in [0.1, 0.15) is 11.6 Å².